The summed E-state index contributed by atoms with van der Waals surface area (Å²) in [7, 11) is 3.56. The molecule has 0 radical (unpaired) electrons. The molecular formula is C12H20N2O3. The molecule has 0 aromatic rings. The maximum absolute atomic E-state index is 11.8. The molecule has 1 aliphatic heterocycles. The molecule has 1 heterocycles. The Hall–Kier alpha value is -1.52. The van der Waals surface area contributed by atoms with Gasteiger partial charge in [-0.1, -0.05) is 0 Å². The number of ketones is 1. The molecule has 1 rings (SSSR count). The van der Waals surface area contributed by atoms with Crippen molar-refractivity contribution in [1.82, 2.24) is 9.80 Å². The van der Waals surface area contributed by atoms with Crippen molar-refractivity contribution in [3.05, 3.63) is 11.9 Å². The second-order valence-corrected chi connectivity index (χ2v) is 5.26. The van der Waals surface area contributed by atoms with Crippen molar-refractivity contribution >= 4 is 11.9 Å². The maximum atomic E-state index is 11.8. The zero-order chi connectivity index (χ0) is 13.2. The second kappa shape index (κ2) is 4.77. The van der Waals surface area contributed by atoms with E-state index in [4.69, 9.17) is 4.74 Å². The van der Waals surface area contributed by atoms with E-state index in [-0.39, 0.29) is 5.78 Å². The van der Waals surface area contributed by atoms with Crippen LogP contribution in [0.4, 0.5) is 4.79 Å². The third-order valence-corrected chi connectivity index (χ3v) is 2.25. The molecule has 0 aromatic carbocycles. The highest BCUT2D eigenvalue weighted by molar-refractivity contribution is 5.96. The molecule has 0 N–H and O–H groups in total. The third-order valence-electron chi connectivity index (χ3n) is 2.25. The summed E-state index contributed by atoms with van der Waals surface area (Å²) in [6.45, 7) is 5.83. The third kappa shape index (κ3) is 3.76. The van der Waals surface area contributed by atoms with Gasteiger partial charge in [-0.3, -0.25) is 9.69 Å². The minimum atomic E-state index is -0.523. The molecule has 0 fully saturated rings. The lowest BCUT2D eigenvalue weighted by molar-refractivity contribution is -0.117. The van der Waals surface area contributed by atoms with Crippen molar-refractivity contribution in [1.29, 1.82) is 0 Å². The summed E-state index contributed by atoms with van der Waals surface area (Å²) in [6.07, 6.45) is 1.48. The molecule has 5 heteroatoms. The predicted octanol–water partition coefficient (Wildman–Crippen LogP) is 1.60. The van der Waals surface area contributed by atoms with E-state index in [0.717, 1.165) is 0 Å². The van der Waals surface area contributed by atoms with Crippen molar-refractivity contribution in [2.24, 2.45) is 0 Å². The summed E-state index contributed by atoms with van der Waals surface area (Å²) >= 11 is 0. The van der Waals surface area contributed by atoms with Crippen LogP contribution in [0.2, 0.25) is 0 Å². The molecule has 0 saturated carbocycles. The zero-order valence-electron chi connectivity index (χ0n) is 11.1. The predicted molar refractivity (Wildman–Crippen MR) is 64.3 cm³/mol. The number of nitrogens with zero attached hydrogens (tertiary/aromatic N) is 2. The number of hydrogen-bond donors (Lipinski definition) is 0. The number of ether oxygens (including phenoxy) is 1. The lowest BCUT2D eigenvalue weighted by Gasteiger charge is -2.29. The van der Waals surface area contributed by atoms with Crippen LogP contribution in [0.3, 0.4) is 0 Å². The summed E-state index contributed by atoms with van der Waals surface area (Å²) in [5.41, 5.74) is 0.00658. The average Bonchev–Trinajstić information content (AvgIpc) is 2.14. The van der Waals surface area contributed by atoms with Crippen LogP contribution in [0, 0.1) is 0 Å². The highest BCUT2D eigenvalue weighted by atomic mass is 16.6. The van der Waals surface area contributed by atoms with E-state index in [1.54, 1.807) is 25.2 Å². The van der Waals surface area contributed by atoms with Crippen molar-refractivity contribution in [2.75, 3.05) is 20.6 Å². The quantitative estimate of drug-likeness (QED) is 0.698. The molecule has 0 aliphatic carbocycles. The summed E-state index contributed by atoms with van der Waals surface area (Å²) < 4.78 is 5.25. The van der Waals surface area contributed by atoms with Crippen LogP contribution in [0.5, 0.6) is 0 Å². The highest BCUT2D eigenvalue weighted by Gasteiger charge is 2.27. The van der Waals surface area contributed by atoms with Gasteiger partial charge in [0.05, 0.1) is 5.70 Å². The summed E-state index contributed by atoms with van der Waals surface area (Å²) in [4.78, 5) is 26.6. The fourth-order valence-electron chi connectivity index (χ4n) is 1.46. The van der Waals surface area contributed by atoms with Crippen LogP contribution in [0.1, 0.15) is 27.2 Å². The minimum Gasteiger partial charge on any atom is -0.443 e. The molecule has 0 spiro atoms. The van der Waals surface area contributed by atoms with Crippen LogP contribution in [0.25, 0.3) is 0 Å². The van der Waals surface area contributed by atoms with Gasteiger partial charge in [-0.25, -0.2) is 4.79 Å². The van der Waals surface area contributed by atoms with E-state index in [1.165, 1.54) is 4.90 Å². The Balaban J connectivity index is 2.80. The second-order valence-electron chi connectivity index (χ2n) is 5.26. The van der Waals surface area contributed by atoms with Gasteiger partial charge in [0, 0.05) is 33.3 Å². The molecule has 0 aromatic heterocycles. The Bertz CT molecular complexity index is 353. The van der Waals surface area contributed by atoms with Crippen molar-refractivity contribution in [2.45, 2.75) is 32.8 Å². The number of carbonyl (C=O) groups is 2. The number of rotatable bonds is 1. The Kier molecular flexibility index (Phi) is 3.80. The molecule has 0 bridgehead atoms. The number of likely N-dealkylation sites (N-methyl/N-ethyl adjacent to an activating group) is 1. The average molecular weight is 240 g/mol. The van der Waals surface area contributed by atoms with Crippen LogP contribution >= 0.6 is 0 Å². The van der Waals surface area contributed by atoms with Gasteiger partial charge in [-0.15, -0.1) is 0 Å². The number of amides is 1. The SMILES string of the molecule is CN(C)C1=CN(C(=O)OC(C)(C)C)CCC1=O. The first-order valence-electron chi connectivity index (χ1n) is 5.62. The highest BCUT2D eigenvalue weighted by Crippen LogP contribution is 2.16. The lowest BCUT2D eigenvalue weighted by Crippen LogP contribution is -2.39. The van der Waals surface area contributed by atoms with Crippen molar-refractivity contribution in [3.8, 4) is 0 Å². The maximum Gasteiger partial charge on any atom is 0.414 e. The van der Waals surface area contributed by atoms with Crippen LogP contribution in [-0.4, -0.2) is 47.9 Å². The Morgan fingerprint density at radius 2 is 2.00 bits per heavy atom. The zero-order valence-corrected chi connectivity index (χ0v) is 11.1. The smallest absolute Gasteiger partial charge is 0.414 e. The van der Waals surface area contributed by atoms with Gasteiger partial charge in [-0.05, 0) is 20.8 Å². The lowest BCUT2D eigenvalue weighted by atomic mass is 10.1. The van der Waals surface area contributed by atoms with E-state index >= 15 is 0 Å². The molecule has 0 saturated heterocycles. The van der Waals surface area contributed by atoms with Gasteiger partial charge in [0.1, 0.15) is 5.60 Å². The van der Waals surface area contributed by atoms with Gasteiger partial charge in [0.2, 0.25) is 0 Å². The topological polar surface area (TPSA) is 49.9 Å². The Labute approximate surface area is 102 Å². The Morgan fingerprint density at radius 1 is 1.41 bits per heavy atom. The van der Waals surface area contributed by atoms with Gasteiger partial charge < -0.3 is 9.64 Å². The van der Waals surface area contributed by atoms with Gasteiger partial charge in [0.25, 0.3) is 0 Å². The minimum absolute atomic E-state index is 0.0507. The normalized spacial score (nSPS) is 16.6. The standard InChI is InChI=1S/C12H20N2O3/c1-12(2,3)17-11(16)14-7-6-10(15)9(8-14)13(4)5/h8H,6-7H2,1-5H3. The van der Waals surface area contributed by atoms with Gasteiger partial charge in [-0.2, -0.15) is 0 Å². The number of Topliss-reactive ketones (excluding diaryl/α,β-unsaturated/α-hetero) is 1. The molecule has 96 valence electrons. The largest absolute Gasteiger partial charge is 0.443 e. The van der Waals surface area contributed by atoms with Crippen molar-refractivity contribution < 1.29 is 14.3 Å². The van der Waals surface area contributed by atoms with E-state index < -0.39 is 11.7 Å². The first-order chi connectivity index (χ1) is 7.70. The molecule has 1 amide bonds. The van der Waals surface area contributed by atoms with E-state index in [2.05, 4.69) is 0 Å². The first-order valence-corrected chi connectivity index (χ1v) is 5.62. The molecule has 1 aliphatic rings. The summed E-state index contributed by atoms with van der Waals surface area (Å²) in [5.74, 6) is 0.0507. The molecule has 0 unspecified atom stereocenters. The molecule has 5 nitrogen and oxygen atoms in total. The molecule has 0 atom stereocenters. The fourth-order valence-corrected chi connectivity index (χ4v) is 1.46. The summed E-state index contributed by atoms with van der Waals surface area (Å²) in [6, 6.07) is 0. The molecular weight excluding hydrogens is 220 g/mol. The van der Waals surface area contributed by atoms with Crippen LogP contribution in [0.15, 0.2) is 11.9 Å². The van der Waals surface area contributed by atoms with Gasteiger partial charge in [0.15, 0.2) is 5.78 Å². The van der Waals surface area contributed by atoms with Crippen LogP contribution < -0.4 is 0 Å². The number of allylic oxidation sites excluding steroid dienone is 1. The van der Waals surface area contributed by atoms with Gasteiger partial charge >= 0.3 is 6.09 Å². The Morgan fingerprint density at radius 3 is 2.47 bits per heavy atom. The first kappa shape index (κ1) is 13.5. The van der Waals surface area contributed by atoms with E-state index in [9.17, 15) is 9.59 Å². The van der Waals surface area contributed by atoms with Crippen molar-refractivity contribution in [3.63, 3.8) is 0 Å². The number of hydrogen-bond acceptors (Lipinski definition) is 4. The summed E-state index contributed by atoms with van der Waals surface area (Å²) in [5, 5.41) is 0. The number of carbonyl (C=O) groups excluding carboxylic acids is 2. The monoisotopic (exact) mass is 240 g/mol. The van der Waals surface area contributed by atoms with E-state index in [1.807, 2.05) is 20.8 Å². The molecule has 17 heavy (non-hydrogen) atoms. The van der Waals surface area contributed by atoms with Crippen LogP contribution in [-0.2, 0) is 9.53 Å². The van der Waals surface area contributed by atoms with E-state index in [0.29, 0.717) is 18.7 Å². The fraction of sp³-hybridized carbons (Fsp3) is 0.667.